The monoisotopic (exact) mass is 349 g/mol. The van der Waals surface area contributed by atoms with E-state index in [2.05, 4.69) is 14.8 Å². The van der Waals surface area contributed by atoms with Crippen LogP contribution in [0.25, 0.3) is 0 Å². The van der Waals surface area contributed by atoms with Gasteiger partial charge in [-0.15, -0.1) is 10.2 Å². The van der Waals surface area contributed by atoms with E-state index in [4.69, 9.17) is 21.1 Å². The van der Waals surface area contributed by atoms with E-state index >= 15 is 0 Å². The van der Waals surface area contributed by atoms with Crippen LogP contribution >= 0.6 is 11.6 Å². The molecule has 6 nitrogen and oxygen atoms in total. The summed E-state index contributed by atoms with van der Waals surface area (Å²) in [7, 11) is 1.43. The van der Waals surface area contributed by atoms with E-state index in [1.54, 1.807) is 12.1 Å². The van der Waals surface area contributed by atoms with Crippen molar-refractivity contribution >= 4 is 17.6 Å². The van der Waals surface area contributed by atoms with Gasteiger partial charge in [0.25, 0.3) is 0 Å². The summed E-state index contributed by atoms with van der Waals surface area (Å²) in [5, 5.41) is 9.18. The molecule has 0 saturated carbocycles. The van der Waals surface area contributed by atoms with Gasteiger partial charge in [-0.3, -0.25) is 4.79 Å². The Balaban J connectivity index is 1.75. The molecule has 2 unspecified atom stereocenters. The number of carbonyl (C=O) groups is 1. The summed E-state index contributed by atoms with van der Waals surface area (Å²) in [5.74, 6) is 2.09. The molecule has 2 aromatic rings. The summed E-state index contributed by atoms with van der Waals surface area (Å²) in [6, 6.07) is 7.27. The number of hydrogen-bond donors (Lipinski definition) is 0. The number of esters is 1. The molecular weight excluding hydrogens is 330 g/mol. The normalized spacial score (nSPS) is 18.4. The van der Waals surface area contributed by atoms with Gasteiger partial charge in [0.05, 0.1) is 13.0 Å². The summed E-state index contributed by atoms with van der Waals surface area (Å²) in [6.45, 7) is 2.61. The standard InChI is InChI=1S/C17H20ClN3O3/c1-11(24-14-5-3-4-13(18)10-14)16-20-19-15-7-6-12(17(22)23-2)8-9-21(15)16/h3-5,10-12H,6-9H2,1-2H3. The lowest BCUT2D eigenvalue weighted by Crippen LogP contribution is -2.18. The fourth-order valence-electron chi connectivity index (χ4n) is 3.01. The molecule has 2 heterocycles. The van der Waals surface area contributed by atoms with Gasteiger partial charge in [-0.2, -0.15) is 0 Å². The maximum Gasteiger partial charge on any atom is 0.308 e. The quantitative estimate of drug-likeness (QED) is 0.793. The molecule has 24 heavy (non-hydrogen) atoms. The molecule has 7 heteroatoms. The number of carbonyl (C=O) groups excluding carboxylic acids is 1. The van der Waals surface area contributed by atoms with Crippen LogP contribution in [0.15, 0.2) is 24.3 Å². The van der Waals surface area contributed by atoms with Gasteiger partial charge in [0.15, 0.2) is 11.9 Å². The molecule has 0 spiro atoms. The Morgan fingerprint density at radius 3 is 2.96 bits per heavy atom. The van der Waals surface area contributed by atoms with Gasteiger partial charge in [0, 0.05) is 18.0 Å². The molecule has 0 amide bonds. The van der Waals surface area contributed by atoms with E-state index in [0.29, 0.717) is 30.2 Å². The van der Waals surface area contributed by atoms with Crippen molar-refractivity contribution in [3.63, 3.8) is 0 Å². The molecule has 1 aromatic carbocycles. The summed E-state index contributed by atoms with van der Waals surface area (Å²) in [5.41, 5.74) is 0. The van der Waals surface area contributed by atoms with Gasteiger partial charge in [-0.05, 0) is 38.0 Å². The first kappa shape index (κ1) is 16.8. The highest BCUT2D eigenvalue weighted by Gasteiger charge is 2.27. The third-order valence-corrected chi connectivity index (χ3v) is 4.52. The van der Waals surface area contributed by atoms with Crippen molar-refractivity contribution in [2.45, 2.75) is 38.8 Å². The number of halogens is 1. The number of methoxy groups -OCH3 is 1. The van der Waals surface area contributed by atoms with Crippen LogP contribution in [0.4, 0.5) is 0 Å². The average molecular weight is 350 g/mol. The molecule has 0 bridgehead atoms. The summed E-state index contributed by atoms with van der Waals surface area (Å²) in [4.78, 5) is 11.8. The molecule has 3 rings (SSSR count). The first-order chi connectivity index (χ1) is 11.6. The molecule has 0 radical (unpaired) electrons. The van der Waals surface area contributed by atoms with Gasteiger partial charge in [-0.25, -0.2) is 0 Å². The highest BCUT2D eigenvalue weighted by molar-refractivity contribution is 6.30. The van der Waals surface area contributed by atoms with Crippen molar-refractivity contribution in [2.24, 2.45) is 5.92 Å². The molecule has 1 aliphatic heterocycles. The molecular formula is C17H20ClN3O3. The Morgan fingerprint density at radius 2 is 2.21 bits per heavy atom. The highest BCUT2D eigenvalue weighted by Crippen LogP contribution is 2.27. The van der Waals surface area contributed by atoms with Crippen molar-refractivity contribution in [1.82, 2.24) is 14.8 Å². The SMILES string of the molecule is COC(=O)C1CCc2nnc(C(C)Oc3cccc(Cl)c3)n2CC1. The predicted molar refractivity (Wildman–Crippen MR) is 89.0 cm³/mol. The fraction of sp³-hybridized carbons (Fsp3) is 0.471. The van der Waals surface area contributed by atoms with E-state index in [1.165, 1.54) is 7.11 Å². The Bertz CT molecular complexity index is 732. The third-order valence-electron chi connectivity index (χ3n) is 4.28. The third kappa shape index (κ3) is 3.53. The van der Waals surface area contributed by atoms with Gasteiger partial charge >= 0.3 is 5.97 Å². The molecule has 1 aliphatic rings. The molecule has 0 saturated heterocycles. The minimum atomic E-state index is -0.264. The van der Waals surface area contributed by atoms with Gasteiger partial charge in [-0.1, -0.05) is 17.7 Å². The van der Waals surface area contributed by atoms with Crippen LogP contribution in [0.2, 0.25) is 5.02 Å². The summed E-state index contributed by atoms with van der Waals surface area (Å²) in [6.07, 6.45) is 1.89. The predicted octanol–water partition coefficient (Wildman–Crippen LogP) is 3.20. The second-order valence-corrected chi connectivity index (χ2v) is 6.33. The number of benzene rings is 1. The number of aryl methyl sites for hydroxylation is 1. The van der Waals surface area contributed by atoms with E-state index in [9.17, 15) is 4.79 Å². The first-order valence-corrected chi connectivity index (χ1v) is 8.38. The fourth-order valence-corrected chi connectivity index (χ4v) is 3.19. The number of ether oxygens (including phenoxy) is 2. The smallest absolute Gasteiger partial charge is 0.308 e. The molecule has 0 aliphatic carbocycles. The van der Waals surface area contributed by atoms with Crippen LogP contribution in [-0.2, 0) is 22.5 Å². The number of aromatic nitrogens is 3. The van der Waals surface area contributed by atoms with Crippen molar-refractivity contribution in [3.05, 3.63) is 40.9 Å². The number of hydrogen-bond acceptors (Lipinski definition) is 5. The van der Waals surface area contributed by atoms with Crippen LogP contribution in [0.1, 0.15) is 37.5 Å². The van der Waals surface area contributed by atoms with Gasteiger partial charge in [0.2, 0.25) is 0 Å². The van der Waals surface area contributed by atoms with E-state index in [0.717, 1.165) is 18.1 Å². The zero-order valence-electron chi connectivity index (χ0n) is 13.7. The number of rotatable bonds is 4. The maximum absolute atomic E-state index is 11.8. The minimum Gasteiger partial charge on any atom is -0.483 e. The molecule has 0 fully saturated rings. The summed E-state index contributed by atoms with van der Waals surface area (Å²) >= 11 is 5.99. The average Bonchev–Trinajstić information content (AvgIpc) is 2.86. The molecule has 0 N–H and O–H groups in total. The minimum absolute atomic E-state index is 0.0892. The lowest BCUT2D eigenvalue weighted by Gasteiger charge is -2.16. The van der Waals surface area contributed by atoms with E-state index in [1.807, 2.05) is 19.1 Å². The molecule has 1 aromatic heterocycles. The van der Waals surface area contributed by atoms with Crippen molar-refractivity contribution in [1.29, 1.82) is 0 Å². The lowest BCUT2D eigenvalue weighted by molar-refractivity contribution is -0.145. The van der Waals surface area contributed by atoms with Gasteiger partial charge in [0.1, 0.15) is 11.6 Å². The van der Waals surface area contributed by atoms with Crippen molar-refractivity contribution in [2.75, 3.05) is 7.11 Å². The lowest BCUT2D eigenvalue weighted by atomic mass is 10.0. The van der Waals surface area contributed by atoms with Gasteiger partial charge < -0.3 is 14.0 Å². The van der Waals surface area contributed by atoms with Crippen LogP contribution in [-0.4, -0.2) is 27.8 Å². The Kier molecular flexibility index (Phi) is 5.04. The summed E-state index contributed by atoms with van der Waals surface area (Å²) < 4.78 is 12.9. The number of nitrogens with zero attached hydrogens (tertiary/aromatic N) is 3. The Morgan fingerprint density at radius 1 is 1.38 bits per heavy atom. The Labute approximate surface area is 145 Å². The maximum atomic E-state index is 11.8. The van der Waals surface area contributed by atoms with Crippen LogP contribution in [0, 0.1) is 5.92 Å². The van der Waals surface area contributed by atoms with Crippen LogP contribution in [0.3, 0.4) is 0 Å². The van der Waals surface area contributed by atoms with Crippen molar-refractivity contribution in [3.8, 4) is 5.75 Å². The van der Waals surface area contributed by atoms with E-state index < -0.39 is 0 Å². The molecule has 2 atom stereocenters. The zero-order chi connectivity index (χ0) is 17.1. The topological polar surface area (TPSA) is 66.2 Å². The Hall–Kier alpha value is -2.08. The highest BCUT2D eigenvalue weighted by atomic mass is 35.5. The second-order valence-electron chi connectivity index (χ2n) is 5.89. The first-order valence-electron chi connectivity index (χ1n) is 8.00. The van der Waals surface area contributed by atoms with Crippen LogP contribution < -0.4 is 4.74 Å². The van der Waals surface area contributed by atoms with E-state index in [-0.39, 0.29) is 18.0 Å². The van der Waals surface area contributed by atoms with Crippen LogP contribution in [0.5, 0.6) is 5.75 Å². The second kappa shape index (κ2) is 7.21. The largest absolute Gasteiger partial charge is 0.483 e. The molecule has 128 valence electrons. The zero-order valence-corrected chi connectivity index (χ0v) is 14.5. The van der Waals surface area contributed by atoms with Crippen molar-refractivity contribution < 1.29 is 14.3 Å². The number of fused-ring (bicyclic) bond motifs is 1.